The molecule has 0 saturated heterocycles. The van der Waals surface area contributed by atoms with E-state index in [-0.39, 0.29) is 11.4 Å². The van der Waals surface area contributed by atoms with Crippen molar-refractivity contribution in [1.29, 1.82) is 0 Å². The zero-order chi connectivity index (χ0) is 17.1. The molecule has 0 aliphatic carbocycles. The summed E-state index contributed by atoms with van der Waals surface area (Å²) >= 11 is 0. The van der Waals surface area contributed by atoms with E-state index in [1.165, 1.54) is 18.2 Å². The highest BCUT2D eigenvalue weighted by Gasteiger charge is 2.11. The van der Waals surface area contributed by atoms with Crippen LogP contribution in [0.1, 0.15) is 21.5 Å². The van der Waals surface area contributed by atoms with E-state index in [9.17, 15) is 9.18 Å². The third-order valence-corrected chi connectivity index (χ3v) is 3.57. The minimum Gasteiger partial charge on any atom is -0.402 e. The number of carbonyl (C=O) groups is 1. The molecule has 1 aromatic heterocycles. The van der Waals surface area contributed by atoms with E-state index < -0.39 is 11.8 Å². The topological polar surface area (TPSA) is 52.1 Å². The summed E-state index contributed by atoms with van der Waals surface area (Å²) in [5, 5.41) is 8.04. The highest BCUT2D eigenvalue weighted by atomic mass is 19.1. The molecule has 0 atom stereocenters. The predicted molar refractivity (Wildman–Crippen MR) is 88.3 cm³/mol. The first-order chi connectivity index (χ1) is 11.5. The number of benzene rings is 2. The van der Waals surface area contributed by atoms with Crippen molar-refractivity contribution >= 4 is 5.97 Å². The van der Waals surface area contributed by atoms with Crippen LogP contribution in [0, 0.1) is 19.7 Å². The lowest BCUT2D eigenvalue weighted by atomic mass is 10.0. The van der Waals surface area contributed by atoms with Crippen LogP contribution in [0.3, 0.4) is 0 Å². The van der Waals surface area contributed by atoms with Crippen molar-refractivity contribution in [3.63, 3.8) is 0 Å². The first-order valence-corrected chi connectivity index (χ1v) is 7.42. The Balaban J connectivity index is 1.80. The average molecular weight is 322 g/mol. The van der Waals surface area contributed by atoms with E-state index in [0.29, 0.717) is 5.69 Å². The number of carbonyl (C=O) groups excluding carboxylic acids is 1. The molecule has 0 spiro atoms. The van der Waals surface area contributed by atoms with Gasteiger partial charge in [-0.2, -0.15) is 0 Å². The molecule has 1 heterocycles. The van der Waals surface area contributed by atoms with E-state index in [4.69, 9.17) is 4.74 Å². The lowest BCUT2D eigenvalue weighted by Crippen LogP contribution is -2.10. The molecule has 0 bridgehead atoms. The van der Waals surface area contributed by atoms with Crippen LogP contribution in [-0.2, 0) is 0 Å². The summed E-state index contributed by atoms with van der Waals surface area (Å²) in [5.74, 6) is -1.11. The van der Waals surface area contributed by atoms with Crippen LogP contribution in [0.25, 0.3) is 11.3 Å². The molecule has 5 heteroatoms. The number of halogens is 1. The van der Waals surface area contributed by atoms with E-state index in [0.717, 1.165) is 22.8 Å². The molecule has 0 fully saturated rings. The monoisotopic (exact) mass is 322 g/mol. The van der Waals surface area contributed by atoms with Crippen LogP contribution in [0.2, 0.25) is 0 Å². The summed E-state index contributed by atoms with van der Waals surface area (Å²) in [5.41, 5.74) is 4.00. The van der Waals surface area contributed by atoms with Gasteiger partial charge in [0.1, 0.15) is 5.82 Å². The third-order valence-electron chi connectivity index (χ3n) is 3.57. The van der Waals surface area contributed by atoms with Gasteiger partial charge in [0.15, 0.2) is 0 Å². The van der Waals surface area contributed by atoms with Crippen LogP contribution in [0.15, 0.2) is 54.6 Å². The number of ether oxygens (including phenoxy) is 1. The molecule has 3 aromatic rings. The summed E-state index contributed by atoms with van der Waals surface area (Å²) in [6.07, 6.45) is 0. The number of aromatic nitrogens is 2. The summed E-state index contributed by atoms with van der Waals surface area (Å²) in [6, 6.07) is 14.7. The van der Waals surface area contributed by atoms with Gasteiger partial charge in [0, 0.05) is 11.6 Å². The van der Waals surface area contributed by atoms with Crippen molar-refractivity contribution < 1.29 is 13.9 Å². The fourth-order valence-electron chi connectivity index (χ4n) is 2.30. The molecule has 0 aliphatic heterocycles. The third kappa shape index (κ3) is 3.46. The van der Waals surface area contributed by atoms with Crippen molar-refractivity contribution in [1.82, 2.24) is 10.2 Å². The smallest absolute Gasteiger partial charge is 0.345 e. The van der Waals surface area contributed by atoms with Gasteiger partial charge < -0.3 is 4.74 Å². The maximum Gasteiger partial charge on any atom is 0.345 e. The van der Waals surface area contributed by atoms with Gasteiger partial charge in [-0.05, 0) is 49.7 Å². The van der Waals surface area contributed by atoms with Gasteiger partial charge >= 0.3 is 5.97 Å². The summed E-state index contributed by atoms with van der Waals surface area (Å²) in [7, 11) is 0. The molecule has 0 N–H and O–H groups in total. The van der Waals surface area contributed by atoms with Gasteiger partial charge in [0.05, 0.1) is 11.3 Å². The molecule has 3 rings (SSSR count). The molecule has 0 unspecified atom stereocenters. The minimum atomic E-state index is -0.678. The molecule has 0 saturated carbocycles. The maximum absolute atomic E-state index is 13.1. The standard InChI is InChI=1S/C19H15FN2O2/c1-12-6-7-13(2)16(10-12)17-8-9-18(22-21-17)24-19(23)14-4-3-5-15(20)11-14/h3-11H,1-2H3. The Hall–Kier alpha value is -3.08. The Kier molecular flexibility index (Phi) is 4.33. The molecule has 2 aromatic carbocycles. The largest absolute Gasteiger partial charge is 0.402 e. The van der Waals surface area contributed by atoms with E-state index in [1.54, 1.807) is 12.1 Å². The van der Waals surface area contributed by atoms with Crippen molar-refractivity contribution in [3.05, 3.63) is 77.1 Å². The number of rotatable bonds is 3. The predicted octanol–water partition coefficient (Wildman–Crippen LogP) is 4.12. The molecule has 24 heavy (non-hydrogen) atoms. The van der Waals surface area contributed by atoms with Gasteiger partial charge in [-0.25, -0.2) is 9.18 Å². The van der Waals surface area contributed by atoms with Crippen LogP contribution < -0.4 is 4.74 Å². The van der Waals surface area contributed by atoms with E-state index in [1.807, 2.05) is 32.0 Å². The van der Waals surface area contributed by atoms with Crippen molar-refractivity contribution in [3.8, 4) is 17.1 Å². The molecule has 4 nitrogen and oxygen atoms in total. The first-order valence-electron chi connectivity index (χ1n) is 7.42. The number of hydrogen-bond donors (Lipinski definition) is 0. The van der Waals surface area contributed by atoms with Gasteiger partial charge in [0.25, 0.3) is 0 Å². The summed E-state index contributed by atoms with van der Waals surface area (Å²) in [6.45, 7) is 4.00. The first kappa shape index (κ1) is 15.8. The van der Waals surface area contributed by atoms with E-state index >= 15 is 0 Å². The molecule has 0 aliphatic rings. The number of aryl methyl sites for hydroxylation is 2. The van der Waals surface area contributed by atoms with Crippen molar-refractivity contribution in [2.45, 2.75) is 13.8 Å². The molecule has 0 amide bonds. The SMILES string of the molecule is Cc1ccc(C)c(-c2ccc(OC(=O)c3cccc(F)c3)nn2)c1. The number of esters is 1. The van der Waals surface area contributed by atoms with Crippen molar-refractivity contribution in [2.24, 2.45) is 0 Å². The highest BCUT2D eigenvalue weighted by molar-refractivity contribution is 5.90. The van der Waals surface area contributed by atoms with Crippen LogP contribution >= 0.6 is 0 Å². The molecular weight excluding hydrogens is 307 g/mol. The zero-order valence-electron chi connectivity index (χ0n) is 13.3. The van der Waals surface area contributed by atoms with Gasteiger partial charge in [-0.3, -0.25) is 0 Å². The molecule has 120 valence electrons. The fraction of sp³-hybridized carbons (Fsp3) is 0.105. The Morgan fingerprint density at radius 3 is 2.54 bits per heavy atom. The quantitative estimate of drug-likeness (QED) is 0.681. The van der Waals surface area contributed by atoms with Crippen LogP contribution in [0.5, 0.6) is 5.88 Å². The number of hydrogen-bond acceptors (Lipinski definition) is 4. The summed E-state index contributed by atoms with van der Waals surface area (Å²) < 4.78 is 18.3. The lowest BCUT2D eigenvalue weighted by Gasteiger charge is -2.07. The van der Waals surface area contributed by atoms with Crippen LogP contribution in [0.4, 0.5) is 4.39 Å². The Bertz CT molecular complexity index is 892. The maximum atomic E-state index is 13.1. The second-order valence-corrected chi connectivity index (χ2v) is 5.48. The number of nitrogens with zero attached hydrogens (tertiary/aromatic N) is 2. The van der Waals surface area contributed by atoms with Crippen LogP contribution in [-0.4, -0.2) is 16.2 Å². The van der Waals surface area contributed by atoms with Crippen molar-refractivity contribution in [2.75, 3.05) is 0 Å². The Morgan fingerprint density at radius 2 is 1.83 bits per heavy atom. The molecule has 0 radical (unpaired) electrons. The normalized spacial score (nSPS) is 10.5. The Labute approximate surface area is 138 Å². The minimum absolute atomic E-state index is 0.0679. The van der Waals surface area contributed by atoms with Gasteiger partial charge in [-0.1, -0.05) is 23.8 Å². The fourth-order valence-corrected chi connectivity index (χ4v) is 2.30. The summed E-state index contributed by atoms with van der Waals surface area (Å²) in [4.78, 5) is 12.0. The molecular formula is C19H15FN2O2. The second-order valence-electron chi connectivity index (χ2n) is 5.48. The average Bonchev–Trinajstić information content (AvgIpc) is 2.58. The lowest BCUT2D eigenvalue weighted by molar-refractivity contribution is 0.0725. The second kappa shape index (κ2) is 6.58. The Morgan fingerprint density at radius 1 is 1.00 bits per heavy atom. The van der Waals surface area contributed by atoms with Gasteiger partial charge in [-0.15, -0.1) is 10.2 Å². The van der Waals surface area contributed by atoms with E-state index in [2.05, 4.69) is 10.2 Å². The van der Waals surface area contributed by atoms with Gasteiger partial charge in [0.2, 0.25) is 5.88 Å². The highest BCUT2D eigenvalue weighted by Crippen LogP contribution is 2.23. The zero-order valence-corrected chi connectivity index (χ0v) is 13.3.